The molecule has 0 saturated heterocycles. The lowest BCUT2D eigenvalue weighted by Crippen LogP contribution is -2.18. The van der Waals surface area contributed by atoms with Crippen LogP contribution in [-0.2, 0) is 0 Å². The summed E-state index contributed by atoms with van der Waals surface area (Å²) in [5.74, 6) is 0. The van der Waals surface area contributed by atoms with Crippen LogP contribution in [0.4, 0.5) is 5.69 Å². The molecular weight excluding hydrogens is 431 g/mol. The Hall–Kier alpha value is -1.81. The Morgan fingerprint density at radius 1 is 0.885 bits per heavy atom. The maximum atomic E-state index is 6.25. The molecule has 0 fully saturated rings. The van der Waals surface area contributed by atoms with Crippen molar-refractivity contribution < 1.29 is 0 Å². The average Bonchev–Trinajstić information content (AvgIpc) is 3.11. The minimum Gasteiger partial charge on any atom is -0.257 e. The summed E-state index contributed by atoms with van der Waals surface area (Å²) in [5.41, 5.74) is 4.33. The molecule has 26 heavy (non-hydrogen) atoms. The van der Waals surface area contributed by atoms with Crippen molar-refractivity contribution in [2.24, 2.45) is 5.10 Å². The van der Waals surface area contributed by atoms with E-state index in [0.717, 1.165) is 27.9 Å². The van der Waals surface area contributed by atoms with Crippen LogP contribution >= 0.6 is 39.1 Å². The molecule has 3 aromatic carbocycles. The highest BCUT2D eigenvalue weighted by Crippen LogP contribution is 2.38. The van der Waals surface area contributed by atoms with Gasteiger partial charge in [-0.1, -0.05) is 81.6 Å². The topological polar surface area (TPSA) is 15.6 Å². The molecule has 0 radical (unpaired) electrons. The summed E-state index contributed by atoms with van der Waals surface area (Å²) in [4.78, 5) is 0. The van der Waals surface area contributed by atoms with Gasteiger partial charge in [0.15, 0.2) is 0 Å². The molecule has 0 saturated carbocycles. The van der Waals surface area contributed by atoms with Crippen LogP contribution in [-0.4, -0.2) is 5.71 Å². The number of halogens is 3. The highest BCUT2D eigenvalue weighted by atomic mass is 79.9. The first-order chi connectivity index (χ1) is 12.6. The molecule has 1 atom stereocenters. The number of hydrazone groups is 1. The first-order valence-electron chi connectivity index (χ1n) is 8.24. The molecule has 0 N–H and O–H groups in total. The molecule has 0 spiro atoms. The lowest BCUT2D eigenvalue weighted by Gasteiger charge is -2.24. The maximum absolute atomic E-state index is 6.25. The predicted octanol–water partition coefficient (Wildman–Crippen LogP) is 7.11. The van der Waals surface area contributed by atoms with E-state index in [1.54, 1.807) is 0 Å². The molecule has 130 valence electrons. The summed E-state index contributed by atoms with van der Waals surface area (Å²) in [5, 5.41) is 8.02. The van der Waals surface area contributed by atoms with Gasteiger partial charge in [0.05, 0.1) is 27.5 Å². The number of nitrogens with zero attached hydrogens (tertiary/aromatic N) is 2. The molecule has 0 amide bonds. The third kappa shape index (κ3) is 3.52. The zero-order valence-electron chi connectivity index (χ0n) is 13.7. The van der Waals surface area contributed by atoms with Crippen molar-refractivity contribution >= 4 is 50.5 Å². The van der Waals surface area contributed by atoms with Crippen LogP contribution in [0, 0.1) is 0 Å². The van der Waals surface area contributed by atoms with Gasteiger partial charge in [0.1, 0.15) is 0 Å². The maximum Gasteiger partial charge on any atom is 0.0831 e. The minimum atomic E-state index is 0.107. The SMILES string of the molecule is Clc1ccc(N2N=C(c3ccccc3)C[C@@H]2c2ccc(Br)cc2)cc1Cl. The normalized spacial score (nSPS) is 16.7. The summed E-state index contributed by atoms with van der Waals surface area (Å²) >= 11 is 15.8. The van der Waals surface area contributed by atoms with Crippen molar-refractivity contribution in [2.75, 3.05) is 5.01 Å². The van der Waals surface area contributed by atoms with E-state index in [9.17, 15) is 0 Å². The minimum absolute atomic E-state index is 0.107. The second-order valence-electron chi connectivity index (χ2n) is 6.13. The van der Waals surface area contributed by atoms with Crippen molar-refractivity contribution in [1.82, 2.24) is 0 Å². The fourth-order valence-corrected chi connectivity index (χ4v) is 3.68. The van der Waals surface area contributed by atoms with Crippen LogP contribution in [0.5, 0.6) is 0 Å². The fourth-order valence-electron chi connectivity index (χ4n) is 3.13. The van der Waals surface area contributed by atoms with E-state index < -0.39 is 0 Å². The number of rotatable bonds is 3. The zero-order valence-corrected chi connectivity index (χ0v) is 16.8. The van der Waals surface area contributed by atoms with Crippen LogP contribution in [0.1, 0.15) is 23.6 Å². The third-order valence-corrected chi connectivity index (χ3v) is 5.71. The van der Waals surface area contributed by atoms with Gasteiger partial charge in [0.25, 0.3) is 0 Å². The molecule has 0 aromatic heterocycles. The van der Waals surface area contributed by atoms with Crippen molar-refractivity contribution in [1.29, 1.82) is 0 Å². The van der Waals surface area contributed by atoms with E-state index in [-0.39, 0.29) is 6.04 Å². The Kier molecular flexibility index (Phi) is 5.03. The fraction of sp³-hybridized carbons (Fsp3) is 0.0952. The van der Waals surface area contributed by atoms with E-state index >= 15 is 0 Å². The summed E-state index contributed by atoms with van der Waals surface area (Å²) < 4.78 is 1.06. The molecule has 3 aromatic rings. The summed E-state index contributed by atoms with van der Waals surface area (Å²) in [7, 11) is 0. The van der Waals surface area contributed by atoms with Gasteiger partial charge in [-0.2, -0.15) is 5.10 Å². The average molecular weight is 446 g/mol. The van der Waals surface area contributed by atoms with Gasteiger partial charge in [-0.25, -0.2) is 0 Å². The third-order valence-electron chi connectivity index (χ3n) is 4.44. The van der Waals surface area contributed by atoms with Crippen LogP contribution < -0.4 is 5.01 Å². The second kappa shape index (κ2) is 7.43. The smallest absolute Gasteiger partial charge is 0.0831 e. The Morgan fingerprint density at radius 2 is 1.62 bits per heavy atom. The largest absolute Gasteiger partial charge is 0.257 e. The number of hydrogen-bond donors (Lipinski definition) is 0. The highest BCUT2D eigenvalue weighted by molar-refractivity contribution is 9.10. The van der Waals surface area contributed by atoms with Gasteiger partial charge in [-0.15, -0.1) is 0 Å². The van der Waals surface area contributed by atoms with Crippen molar-refractivity contribution in [3.63, 3.8) is 0 Å². The first kappa shape index (κ1) is 17.6. The standard InChI is InChI=1S/C21H15BrCl2N2/c22-16-8-6-15(7-9-16)21-13-20(14-4-2-1-3-5-14)25-26(21)17-10-11-18(23)19(24)12-17/h1-12,21H,13H2/t21-/m1/s1. The molecule has 5 heteroatoms. The Morgan fingerprint density at radius 3 is 2.31 bits per heavy atom. The molecule has 0 aliphatic carbocycles. The van der Waals surface area contributed by atoms with Gasteiger partial charge in [-0.05, 0) is 41.5 Å². The molecule has 1 aliphatic rings. The number of anilines is 1. The van der Waals surface area contributed by atoms with E-state index in [4.69, 9.17) is 28.3 Å². The predicted molar refractivity (Wildman–Crippen MR) is 113 cm³/mol. The summed E-state index contributed by atoms with van der Waals surface area (Å²) in [6.45, 7) is 0. The first-order valence-corrected chi connectivity index (χ1v) is 9.79. The van der Waals surface area contributed by atoms with Gasteiger partial charge in [0.2, 0.25) is 0 Å². The van der Waals surface area contributed by atoms with Gasteiger partial charge in [0, 0.05) is 10.9 Å². The molecule has 1 aliphatic heterocycles. The summed E-state index contributed by atoms with van der Waals surface area (Å²) in [6, 6.07) is 24.4. The van der Waals surface area contributed by atoms with Crippen LogP contribution in [0.15, 0.2) is 82.4 Å². The quantitative estimate of drug-likeness (QED) is 0.419. The molecule has 0 unspecified atom stereocenters. The van der Waals surface area contributed by atoms with Gasteiger partial charge in [-0.3, -0.25) is 5.01 Å². The molecular formula is C21H15BrCl2N2. The molecule has 0 bridgehead atoms. The Bertz CT molecular complexity index is 956. The van der Waals surface area contributed by atoms with E-state index in [1.165, 1.54) is 5.56 Å². The Balaban J connectivity index is 1.77. The lowest BCUT2D eigenvalue weighted by atomic mass is 9.98. The molecule has 4 rings (SSSR count). The van der Waals surface area contributed by atoms with Crippen LogP contribution in [0.25, 0.3) is 0 Å². The number of hydrogen-bond acceptors (Lipinski definition) is 2. The van der Waals surface area contributed by atoms with Gasteiger partial charge >= 0.3 is 0 Å². The zero-order chi connectivity index (χ0) is 18.1. The van der Waals surface area contributed by atoms with Crippen molar-refractivity contribution in [3.05, 3.63) is 98.4 Å². The lowest BCUT2D eigenvalue weighted by molar-refractivity contribution is 0.709. The van der Waals surface area contributed by atoms with Crippen LogP contribution in [0.3, 0.4) is 0 Å². The van der Waals surface area contributed by atoms with Crippen LogP contribution in [0.2, 0.25) is 10.0 Å². The van der Waals surface area contributed by atoms with E-state index in [1.807, 2.05) is 41.4 Å². The summed E-state index contributed by atoms with van der Waals surface area (Å²) in [6.07, 6.45) is 0.825. The Labute approximate surface area is 171 Å². The van der Waals surface area contributed by atoms with Crippen molar-refractivity contribution in [3.8, 4) is 0 Å². The van der Waals surface area contributed by atoms with E-state index in [0.29, 0.717) is 10.0 Å². The second-order valence-corrected chi connectivity index (χ2v) is 7.86. The molecule has 1 heterocycles. The van der Waals surface area contributed by atoms with Gasteiger partial charge < -0.3 is 0 Å². The monoisotopic (exact) mass is 444 g/mol. The number of benzene rings is 3. The molecule has 2 nitrogen and oxygen atoms in total. The van der Waals surface area contributed by atoms with Crippen molar-refractivity contribution in [2.45, 2.75) is 12.5 Å². The van der Waals surface area contributed by atoms with E-state index in [2.05, 4.69) is 52.3 Å². The highest BCUT2D eigenvalue weighted by Gasteiger charge is 2.30.